The summed E-state index contributed by atoms with van der Waals surface area (Å²) >= 11 is 0. The van der Waals surface area contributed by atoms with Gasteiger partial charge in [-0.3, -0.25) is 10.1 Å². The molecule has 2 aromatic rings. The fraction of sp³-hybridized carbons (Fsp3) is 0.333. The molecule has 0 amide bonds. The monoisotopic (exact) mass is 264 g/mol. The first kappa shape index (κ1) is 13.1. The van der Waals surface area contributed by atoms with E-state index in [1.54, 1.807) is 4.57 Å². The van der Waals surface area contributed by atoms with E-state index in [0.29, 0.717) is 18.3 Å². The molecular weight excluding hydrogens is 251 g/mol. The van der Waals surface area contributed by atoms with Gasteiger partial charge in [-0.2, -0.15) is 0 Å². The van der Waals surface area contributed by atoms with Crippen LogP contribution in [0.1, 0.15) is 13.8 Å². The number of nitro groups is 1. The maximum atomic E-state index is 13.1. The second-order valence-corrected chi connectivity index (χ2v) is 4.62. The molecule has 1 aromatic carbocycles. The van der Waals surface area contributed by atoms with E-state index in [2.05, 4.69) is 10.2 Å². The van der Waals surface area contributed by atoms with Gasteiger partial charge in [0, 0.05) is 6.54 Å². The minimum atomic E-state index is -0.648. The Morgan fingerprint density at radius 1 is 1.47 bits per heavy atom. The minimum absolute atomic E-state index is 0.268. The molecule has 2 rings (SSSR count). The lowest BCUT2D eigenvalue weighted by molar-refractivity contribution is -0.384. The normalized spacial score (nSPS) is 10.9. The summed E-state index contributed by atoms with van der Waals surface area (Å²) in [4.78, 5) is 10.4. The zero-order valence-electron chi connectivity index (χ0n) is 10.6. The Bertz CT molecular complexity index is 610. The van der Waals surface area contributed by atoms with Crippen LogP contribution in [0.2, 0.25) is 0 Å². The van der Waals surface area contributed by atoms with Crippen LogP contribution in [0.3, 0.4) is 0 Å². The third-order valence-corrected chi connectivity index (χ3v) is 2.57. The van der Waals surface area contributed by atoms with Gasteiger partial charge in [0.25, 0.3) is 5.69 Å². The van der Waals surface area contributed by atoms with Gasteiger partial charge in [-0.05, 0) is 18.1 Å². The highest BCUT2D eigenvalue weighted by molar-refractivity contribution is 5.67. The van der Waals surface area contributed by atoms with E-state index in [1.807, 2.05) is 13.8 Å². The number of halogens is 1. The molecule has 0 aliphatic rings. The molecule has 7 heteroatoms. The molecule has 0 saturated carbocycles. The van der Waals surface area contributed by atoms with E-state index in [0.717, 1.165) is 6.07 Å². The summed E-state index contributed by atoms with van der Waals surface area (Å²) in [7, 11) is 0. The third-order valence-electron chi connectivity index (χ3n) is 2.57. The van der Waals surface area contributed by atoms with Gasteiger partial charge in [-0.25, -0.2) is 4.39 Å². The maximum Gasteiger partial charge on any atom is 0.283 e. The molecule has 0 radical (unpaired) electrons. The molecule has 0 spiro atoms. The molecular formula is C12H13FN4O2. The quantitative estimate of drug-likeness (QED) is 0.628. The molecule has 0 unspecified atom stereocenters. The molecule has 100 valence electrons. The Kier molecular flexibility index (Phi) is 3.55. The van der Waals surface area contributed by atoms with Crippen molar-refractivity contribution in [1.82, 2.24) is 14.8 Å². The van der Waals surface area contributed by atoms with Crippen molar-refractivity contribution in [2.45, 2.75) is 20.4 Å². The second kappa shape index (κ2) is 5.13. The first-order valence-electron chi connectivity index (χ1n) is 5.81. The van der Waals surface area contributed by atoms with Crippen LogP contribution >= 0.6 is 0 Å². The molecule has 1 aromatic heterocycles. The number of hydrogen-bond acceptors (Lipinski definition) is 4. The van der Waals surface area contributed by atoms with Crippen molar-refractivity contribution in [3.05, 3.63) is 40.5 Å². The summed E-state index contributed by atoms with van der Waals surface area (Å²) in [6.45, 7) is 4.67. The lowest BCUT2D eigenvalue weighted by Crippen LogP contribution is -2.06. The van der Waals surface area contributed by atoms with Crippen LogP contribution in [0.4, 0.5) is 10.1 Å². The second-order valence-electron chi connectivity index (χ2n) is 4.62. The van der Waals surface area contributed by atoms with Gasteiger partial charge in [0.1, 0.15) is 12.1 Å². The summed E-state index contributed by atoms with van der Waals surface area (Å²) in [6, 6.07) is 3.43. The molecule has 0 aliphatic carbocycles. The number of aromatic nitrogens is 3. The first-order chi connectivity index (χ1) is 8.99. The van der Waals surface area contributed by atoms with Gasteiger partial charge < -0.3 is 4.57 Å². The van der Waals surface area contributed by atoms with Crippen molar-refractivity contribution in [3.8, 4) is 11.4 Å². The van der Waals surface area contributed by atoms with Crippen molar-refractivity contribution in [1.29, 1.82) is 0 Å². The average Bonchev–Trinajstić information content (AvgIpc) is 2.76. The fourth-order valence-corrected chi connectivity index (χ4v) is 1.84. The van der Waals surface area contributed by atoms with E-state index >= 15 is 0 Å². The summed E-state index contributed by atoms with van der Waals surface area (Å²) < 4.78 is 14.8. The van der Waals surface area contributed by atoms with E-state index in [9.17, 15) is 14.5 Å². The predicted molar refractivity (Wildman–Crippen MR) is 66.9 cm³/mol. The summed E-state index contributed by atoms with van der Waals surface area (Å²) in [5.74, 6) is 0.0695. The van der Waals surface area contributed by atoms with Crippen LogP contribution in [-0.4, -0.2) is 19.7 Å². The van der Waals surface area contributed by atoms with Crippen LogP contribution in [0.15, 0.2) is 24.5 Å². The Morgan fingerprint density at radius 3 is 2.84 bits per heavy atom. The first-order valence-corrected chi connectivity index (χ1v) is 5.81. The maximum absolute atomic E-state index is 13.1. The van der Waals surface area contributed by atoms with E-state index in [-0.39, 0.29) is 11.3 Å². The average molecular weight is 264 g/mol. The van der Waals surface area contributed by atoms with Crippen molar-refractivity contribution < 1.29 is 9.31 Å². The van der Waals surface area contributed by atoms with E-state index in [4.69, 9.17) is 0 Å². The van der Waals surface area contributed by atoms with Crippen LogP contribution < -0.4 is 0 Å². The van der Waals surface area contributed by atoms with Crippen LogP contribution in [0.25, 0.3) is 11.4 Å². The Morgan fingerprint density at radius 2 is 2.21 bits per heavy atom. The van der Waals surface area contributed by atoms with Crippen molar-refractivity contribution >= 4 is 5.69 Å². The lowest BCUT2D eigenvalue weighted by atomic mass is 10.1. The summed E-state index contributed by atoms with van der Waals surface area (Å²) in [5, 5.41) is 18.7. The number of nitro benzene ring substituents is 1. The molecule has 0 N–H and O–H groups in total. The third kappa shape index (κ3) is 2.75. The highest BCUT2D eigenvalue weighted by Crippen LogP contribution is 2.29. The minimum Gasteiger partial charge on any atom is -0.313 e. The van der Waals surface area contributed by atoms with Gasteiger partial charge in [-0.1, -0.05) is 13.8 Å². The van der Waals surface area contributed by atoms with Crippen molar-refractivity contribution in [2.24, 2.45) is 5.92 Å². The Hall–Kier alpha value is -2.31. The highest BCUT2D eigenvalue weighted by atomic mass is 19.1. The topological polar surface area (TPSA) is 73.8 Å². The SMILES string of the molecule is CC(C)Cn1cnnc1-c1ccc(F)cc1[N+](=O)[O-]. The van der Waals surface area contributed by atoms with Crippen molar-refractivity contribution in [2.75, 3.05) is 0 Å². The molecule has 19 heavy (non-hydrogen) atoms. The van der Waals surface area contributed by atoms with Crippen LogP contribution in [-0.2, 0) is 6.54 Å². The summed E-state index contributed by atoms with van der Waals surface area (Å²) in [6.07, 6.45) is 1.52. The van der Waals surface area contributed by atoms with Crippen LogP contribution in [0, 0.1) is 21.8 Å². The van der Waals surface area contributed by atoms with Crippen molar-refractivity contribution in [3.63, 3.8) is 0 Å². The zero-order valence-corrected chi connectivity index (χ0v) is 10.6. The molecule has 1 heterocycles. The van der Waals surface area contributed by atoms with E-state index in [1.165, 1.54) is 18.5 Å². The highest BCUT2D eigenvalue weighted by Gasteiger charge is 2.20. The number of rotatable bonds is 4. The molecule has 0 bridgehead atoms. The van der Waals surface area contributed by atoms with Gasteiger partial charge in [-0.15, -0.1) is 10.2 Å². The standard InChI is InChI=1S/C12H13FN4O2/c1-8(2)6-16-7-14-15-12(16)10-4-3-9(13)5-11(10)17(18)19/h3-5,7-8H,6H2,1-2H3. The Labute approximate surface area is 109 Å². The van der Waals surface area contributed by atoms with E-state index < -0.39 is 10.7 Å². The molecule has 0 fully saturated rings. The van der Waals surface area contributed by atoms with Gasteiger partial charge in [0.15, 0.2) is 5.82 Å². The lowest BCUT2D eigenvalue weighted by Gasteiger charge is -2.09. The molecule has 0 aliphatic heterocycles. The number of nitrogens with zero attached hydrogens (tertiary/aromatic N) is 4. The van der Waals surface area contributed by atoms with Gasteiger partial charge in [0.05, 0.1) is 16.6 Å². The predicted octanol–water partition coefficient (Wildman–Crippen LogP) is 2.65. The molecule has 0 saturated heterocycles. The zero-order chi connectivity index (χ0) is 14.0. The van der Waals surface area contributed by atoms with Gasteiger partial charge in [0.2, 0.25) is 0 Å². The fourth-order valence-electron chi connectivity index (χ4n) is 1.84. The largest absolute Gasteiger partial charge is 0.313 e. The van der Waals surface area contributed by atoms with Gasteiger partial charge >= 0.3 is 0 Å². The number of benzene rings is 1. The number of hydrogen-bond donors (Lipinski definition) is 0. The smallest absolute Gasteiger partial charge is 0.283 e. The summed E-state index contributed by atoms with van der Waals surface area (Å²) in [5.41, 5.74) is -0.0393. The molecule has 6 nitrogen and oxygen atoms in total. The van der Waals surface area contributed by atoms with Crippen LogP contribution in [0.5, 0.6) is 0 Å². The Balaban J connectivity index is 2.53. The molecule has 0 atom stereocenters.